The molecule has 0 unspecified atom stereocenters. The highest BCUT2D eigenvalue weighted by molar-refractivity contribution is 14.0. The topological polar surface area (TPSA) is 61.8 Å². The summed E-state index contributed by atoms with van der Waals surface area (Å²) in [5.41, 5.74) is 3.45. The van der Waals surface area contributed by atoms with Crippen LogP contribution in [-0.2, 0) is 13.0 Å². The van der Waals surface area contributed by atoms with Crippen molar-refractivity contribution in [3.8, 4) is 5.75 Å². The number of anilines is 1. The number of aliphatic imine (C=N–C) groups is 1. The van der Waals surface area contributed by atoms with Crippen molar-refractivity contribution < 1.29 is 4.74 Å². The molecule has 1 fully saturated rings. The number of rotatable bonds is 9. The molecule has 0 aliphatic carbocycles. The first-order valence-corrected chi connectivity index (χ1v) is 11.5. The molecular formula is C22H34IN5OS. The Bertz CT molecular complexity index is 805. The van der Waals surface area contributed by atoms with E-state index in [0.717, 1.165) is 55.6 Å². The second-order valence-corrected chi connectivity index (χ2v) is 8.07. The fourth-order valence-electron chi connectivity index (χ4n) is 3.36. The van der Waals surface area contributed by atoms with Crippen molar-refractivity contribution in [1.29, 1.82) is 0 Å². The van der Waals surface area contributed by atoms with Crippen molar-refractivity contribution >= 4 is 46.4 Å². The molecule has 2 heterocycles. The van der Waals surface area contributed by atoms with Crippen LogP contribution < -0.4 is 20.3 Å². The molecular weight excluding hydrogens is 509 g/mol. The summed E-state index contributed by atoms with van der Waals surface area (Å²) in [6.45, 7) is 11.3. The number of nitrogens with one attached hydrogen (secondary N) is 2. The van der Waals surface area contributed by atoms with Crippen LogP contribution in [0.3, 0.4) is 0 Å². The third kappa shape index (κ3) is 7.30. The number of aromatic nitrogens is 1. The van der Waals surface area contributed by atoms with E-state index in [2.05, 4.69) is 53.0 Å². The lowest BCUT2D eigenvalue weighted by molar-refractivity contribution is 0.336. The fraction of sp³-hybridized carbons (Fsp3) is 0.545. The van der Waals surface area contributed by atoms with Crippen LogP contribution in [0, 0.1) is 6.92 Å². The summed E-state index contributed by atoms with van der Waals surface area (Å²) in [6.07, 6.45) is 3.46. The van der Waals surface area contributed by atoms with Gasteiger partial charge in [0, 0.05) is 43.5 Å². The zero-order chi connectivity index (χ0) is 20.5. The Labute approximate surface area is 201 Å². The standard InChI is InChI=1S/C22H33N5OS.HI/c1-4-23-21(25-15-18-9-8-17(3)14-20(18)28-5-2)24-11-10-19-16-29-22(26-19)27-12-6-7-13-27;/h8-9,14,16H,4-7,10-13,15H2,1-3H3,(H2,23,24,25);1H. The van der Waals surface area contributed by atoms with E-state index in [-0.39, 0.29) is 24.0 Å². The minimum Gasteiger partial charge on any atom is -0.494 e. The Morgan fingerprint density at radius 2 is 2.03 bits per heavy atom. The second kappa shape index (κ2) is 13.0. The van der Waals surface area contributed by atoms with E-state index in [4.69, 9.17) is 14.7 Å². The first-order valence-electron chi connectivity index (χ1n) is 10.6. The summed E-state index contributed by atoms with van der Waals surface area (Å²) in [6, 6.07) is 6.28. The van der Waals surface area contributed by atoms with E-state index in [9.17, 15) is 0 Å². The number of aryl methyl sites for hydroxylation is 1. The molecule has 1 aromatic heterocycles. The molecule has 1 aliphatic rings. The van der Waals surface area contributed by atoms with Crippen molar-refractivity contribution in [1.82, 2.24) is 15.6 Å². The molecule has 0 bridgehead atoms. The normalized spacial score (nSPS) is 13.8. The summed E-state index contributed by atoms with van der Waals surface area (Å²) < 4.78 is 5.77. The van der Waals surface area contributed by atoms with Gasteiger partial charge in [-0.3, -0.25) is 0 Å². The molecule has 1 aromatic carbocycles. The summed E-state index contributed by atoms with van der Waals surface area (Å²) in [5, 5.41) is 10.1. The van der Waals surface area contributed by atoms with Gasteiger partial charge in [-0.15, -0.1) is 35.3 Å². The zero-order valence-electron chi connectivity index (χ0n) is 18.2. The van der Waals surface area contributed by atoms with Crippen LogP contribution in [0.4, 0.5) is 5.13 Å². The van der Waals surface area contributed by atoms with E-state index >= 15 is 0 Å². The number of benzene rings is 1. The largest absolute Gasteiger partial charge is 0.494 e. The SMILES string of the molecule is CCNC(=NCc1ccc(C)cc1OCC)NCCc1csc(N2CCCC2)n1.I. The van der Waals surface area contributed by atoms with Gasteiger partial charge in [-0.25, -0.2) is 9.98 Å². The van der Waals surface area contributed by atoms with Gasteiger partial charge in [-0.2, -0.15) is 0 Å². The van der Waals surface area contributed by atoms with Crippen LogP contribution in [0.2, 0.25) is 0 Å². The van der Waals surface area contributed by atoms with Crippen molar-refractivity contribution in [2.75, 3.05) is 37.7 Å². The van der Waals surface area contributed by atoms with Gasteiger partial charge in [-0.1, -0.05) is 12.1 Å². The maximum absolute atomic E-state index is 5.77. The number of ether oxygens (including phenoxy) is 1. The molecule has 0 radical (unpaired) electrons. The van der Waals surface area contributed by atoms with Crippen LogP contribution in [0.5, 0.6) is 5.75 Å². The van der Waals surface area contributed by atoms with E-state index in [1.165, 1.54) is 23.5 Å². The monoisotopic (exact) mass is 543 g/mol. The van der Waals surface area contributed by atoms with Gasteiger partial charge in [0.05, 0.1) is 18.8 Å². The third-order valence-corrected chi connectivity index (χ3v) is 5.81. The number of thiazole rings is 1. The van der Waals surface area contributed by atoms with Gasteiger partial charge >= 0.3 is 0 Å². The van der Waals surface area contributed by atoms with Crippen LogP contribution in [0.15, 0.2) is 28.6 Å². The first-order chi connectivity index (χ1) is 14.2. The summed E-state index contributed by atoms with van der Waals surface area (Å²) in [4.78, 5) is 11.9. The summed E-state index contributed by atoms with van der Waals surface area (Å²) >= 11 is 1.76. The Morgan fingerprint density at radius 3 is 2.77 bits per heavy atom. The second-order valence-electron chi connectivity index (χ2n) is 7.23. The lowest BCUT2D eigenvalue weighted by atomic mass is 10.1. The number of nitrogens with zero attached hydrogens (tertiary/aromatic N) is 3. The highest BCUT2D eigenvalue weighted by Crippen LogP contribution is 2.24. The molecule has 0 spiro atoms. The highest BCUT2D eigenvalue weighted by Gasteiger charge is 2.15. The van der Waals surface area contributed by atoms with Crippen LogP contribution in [0.25, 0.3) is 0 Å². The average Bonchev–Trinajstić information content (AvgIpc) is 3.39. The minimum atomic E-state index is 0. The lowest BCUT2D eigenvalue weighted by Gasteiger charge is -2.13. The Kier molecular flexibility index (Phi) is 10.7. The van der Waals surface area contributed by atoms with E-state index in [1.54, 1.807) is 11.3 Å². The number of hydrogen-bond donors (Lipinski definition) is 2. The molecule has 0 atom stereocenters. The predicted octanol–water partition coefficient (Wildman–Crippen LogP) is 4.37. The van der Waals surface area contributed by atoms with Gasteiger partial charge < -0.3 is 20.3 Å². The van der Waals surface area contributed by atoms with Crippen LogP contribution >= 0.6 is 35.3 Å². The van der Waals surface area contributed by atoms with Crippen LogP contribution in [0.1, 0.15) is 43.5 Å². The molecule has 2 N–H and O–H groups in total. The number of guanidine groups is 1. The van der Waals surface area contributed by atoms with Crippen molar-refractivity contribution in [3.63, 3.8) is 0 Å². The Morgan fingerprint density at radius 1 is 1.23 bits per heavy atom. The number of halogens is 1. The van der Waals surface area contributed by atoms with E-state index in [1.807, 2.05) is 6.92 Å². The molecule has 1 saturated heterocycles. The van der Waals surface area contributed by atoms with Gasteiger partial charge in [-0.05, 0) is 45.2 Å². The van der Waals surface area contributed by atoms with Crippen molar-refractivity contribution in [3.05, 3.63) is 40.4 Å². The molecule has 3 rings (SSSR count). The lowest BCUT2D eigenvalue weighted by Crippen LogP contribution is -2.38. The van der Waals surface area contributed by atoms with E-state index < -0.39 is 0 Å². The molecule has 8 heteroatoms. The number of hydrogen-bond acceptors (Lipinski definition) is 5. The van der Waals surface area contributed by atoms with Crippen LogP contribution in [-0.4, -0.2) is 43.7 Å². The zero-order valence-corrected chi connectivity index (χ0v) is 21.4. The Balaban J connectivity index is 0.00000320. The molecule has 6 nitrogen and oxygen atoms in total. The molecule has 1 aliphatic heterocycles. The van der Waals surface area contributed by atoms with Crippen molar-refractivity contribution in [2.24, 2.45) is 4.99 Å². The maximum Gasteiger partial charge on any atom is 0.191 e. The molecule has 166 valence electrons. The first kappa shape index (κ1) is 24.7. The maximum atomic E-state index is 5.77. The fourth-order valence-corrected chi connectivity index (χ4v) is 4.28. The summed E-state index contributed by atoms with van der Waals surface area (Å²) in [5.74, 6) is 1.74. The predicted molar refractivity (Wildman–Crippen MR) is 138 cm³/mol. The van der Waals surface area contributed by atoms with Gasteiger partial charge in [0.1, 0.15) is 5.75 Å². The van der Waals surface area contributed by atoms with Crippen molar-refractivity contribution in [2.45, 2.75) is 46.6 Å². The minimum absolute atomic E-state index is 0. The summed E-state index contributed by atoms with van der Waals surface area (Å²) in [7, 11) is 0. The van der Waals surface area contributed by atoms with Gasteiger partial charge in [0.25, 0.3) is 0 Å². The van der Waals surface area contributed by atoms with E-state index in [0.29, 0.717) is 13.2 Å². The smallest absolute Gasteiger partial charge is 0.191 e. The molecule has 2 aromatic rings. The third-order valence-electron chi connectivity index (χ3n) is 4.86. The Hall–Kier alpha value is -1.55. The average molecular weight is 544 g/mol. The molecule has 0 amide bonds. The quantitative estimate of drug-likeness (QED) is 0.280. The van der Waals surface area contributed by atoms with Gasteiger partial charge in [0.15, 0.2) is 11.1 Å². The molecule has 30 heavy (non-hydrogen) atoms. The van der Waals surface area contributed by atoms with Gasteiger partial charge in [0.2, 0.25) is 0 Å². The highest BCUT2D eigenvalue weighted by atomic mass is 127. The molecule has 0 saturated carbocycles.